The fourth-order valence-corrected chi connectivity index (χ4v) is 4.08. The number of alkyl halides is 2. The Labute approximate surface area is 165 Å². The number of halogens is 2. The summed E-state index contributed by atoms with van der Waals surface area (Å²) in [4.78, 5) is 15.2. The van der Waals surface area contributed by atoms with Gasteiger partial charge in [-0.25, -0.2) is 28.2 Å². The van der Waals surface area contributed by atoms with Gasteiger partial charge in [0.05, 0.1) is 24.1 Å². The van der Waals surface area contributed by atoms with Crippen molar-refractivity contribution < 1.29 is 13.5 Å². The summed E-state index contributed by atoms with van der Waals surface area (Å²) in [6.45, 7) is 3.96. The molecule has 2 fully saturated rings. The highest BCUT2D eigenvalue weighted by Gasteiger charge is 2.38. The van der Waals surface area contributed by atoms with E-state index in [0.29, 0.717) is 23.6 Å². The topological polar surface area (TPSA) is 80.5 Å². The Kier molecular flexibility index (Phi) is 4.59. The number of ether oxygens (including phenoxy) is 1. The van der Waals surface area contributed by atoms with Crippen LogP contribution in [0.1, 0.15) is 25.0 Å². The lowest BCUT2D eigenvalue weighted by atomic mass is 9.92. The zero-order chi connectivity index (χ0) is 19.8. The summed E-state index contributed by atoms with van der Waals surface area (Å²) in [5.41, 5.74) is 1.13. The van der Waals surface area contributed by atoms with Crippen molar-refractivity contribution in [2.75, 3.05) is 37.7 Å². The van der Waals surface area contributed by atoms with Gasteiger partial charge in [0.2, 0.25) is 0 Å². The molecule has 1 N–H and O–H groups in total. The zero-order valence-electron chi connectivity index (χ0n) is 15.8. The van der Waals surface area contributed by atoms with Gasteiger partial charge >= 0.3 is 0 Å². The van der Waals surface area contributed by atoms with Crippen LogP contribution >= 0.6 is 0 Å². The van der Waals surface area contributed by atoms with E-state index in [-0.39, 0.29) is 11.3 Å². The van der Waals surface area contributed by atoms with E-state index in [9.17, 15) is 8.78 Å². The summed E-state index contributed by atoms with van der Waals surface area (Å²) in [5.74, 6) is 0.781. The van der Waals surface area contributed by atoms with Gasteiger partial charge in [-0.2, -0.15) is 5.10 Å². The van der Waals surface area contributed by atoms with Crippen molar-refractivity contribution in [3.8, 4) is 11.4 Å². The van der Waals surface area contributed by atoms with Gasteiger partial charge in [-0.05, 0) is 31.5 Å². The van der Waals surface area contributed by atoms with E-state index in [2.05, 4.69) is 30.3 Å². The van der Waals surface area contributed by atoms with Gasteiger partial charge in [0, 0.05) is 25.7 Å². The first kappa shape index (κ1) is 18.3. The molecule has 0 aromatic carbocycles. The molecule has 1 unspecified atom stereocenters. The summed E-state index contributed by atoms with van der Waals surface area (Å²) in [5, 5.41) is 7.44. The lowest BCUT2D eigenvalue weighted by Crippen LogP contribution is -2.59. The van der Waals surface area contributed by atoms with E-state index < -0.39 is 6.43 Å². The Morgan fingerprint density at radius 2 is 2.14 bits per heavy atom. The van der Waals surface area contributed by atoms with E-state index >= 15 is 0 Å². The van der Waals surface area contributed by atoms with Crippen molar-refractivity contribution in [3.63, 3.8) is 0 Å². The van der Waals surface area contributed by atoms with Crippen LogP contribution in [0, 0.1) is 0 Å². The lowest BCUT2D eigenvalue weighted by molar-refractivity contribution is -0.0690. The van der Waals surface area contributed by atoms with Gasteiger partial charge in [0.15, 0.2) is 5.65 Å². The number of morpholine rings is 1. The van der Waals surface area contributed by atoms with Crippen molar-refractivity contribution in [2.24, 2.45) is 0 Å². The zero-order valence-corrected chi connectivity index (χ0v) is 15.8. The summed E-state index contributed by atoms with van der Waals surface area (Å²) in [7, 11) is 0. The van der Waals surface area contributed by atoms with Crippen LogP contribution in [0.5, 0.6) is 0 Å². The summed E-state index contributed by atoms with van der Waals surface area (Å²) >= 11 is 0. The van der Waals surface area contributed by atoms with Crippen LogP contribution in [0.3, 0.4) is 0 Å². The maximum absolute atomic E-state index is 13.1. The van der Waals surface area contributed by atoms with Crippen LogP contribution in [0.25, 0.3) is 17.0 Å². The first-order chi connectivity index (χ1) is 14.1. The predicted octanol–water partition coefficient (Wildman–Crippen LogP) is 2.08. The van der Waals surface area contributed by atoms with Crippen molar-refractivity contribution in [1.29, 1.82) is 0 Å². The van der Waals surface area contributed by atoms with Gasteiger partial charge in [0.1, 0.15) is 23.5 Å². The largest absolute Gasteiger partial charge is 0.370 e. The third kappa shape index (κ3) is 3.42. The Hall–Kier alpha value is -2.72. The molecule has 2 aliphatic rings. The first-order valence-corrected chi connectivity index (χ1v) is 9.68. The maximum Gasteiger partial charge on any atom is 0.282 e. The monoisotopic (exact) mass is 401 g/mol. The number of hydrogen-bond acceptors (Lipinski definition) is 7. The third-order valence-electron chi connectivity index (χ3n) is 5.53. The highest BCUT2D eigenvalue weighted by Crippen LogP contribution is 2.29. The molecule has 0 radical (unpaired) electrons. The molecule has 3 aromatic rings. The quantitative estimate of drug-likeness (QED) is 0.720. The number of piperidine rings is 1. The van der Waals surface area contributed by atoms with E-state index in [1.165, 1.54) is 23.0 Å². The van der Waals surface area contributed by atoms with Crippen molar-refractivity contribution >= 4 is 11.5 Å². The van der Waals surface area contributed by atoms with Crippen LogP contribution in [-0.2, 0) is 4.74 Å². The second-order valence-corrected chi connectivity index (χ2v) is 7.47. The number of hydrogen-bond donors (Lipinski definition) is 1. The minimum atomic E-state index is -2.65. The molecule has 0 amide bonds. The van der Waals surface area contributed by atoms with Crippen LogP contribution in [-0.4, -0.2) is 63.0 Å². The molecule has 10 heteroatoms. The van der Waals surface area contributed by atoms with Gasteiger partial charge in [-0.15, -0.1) is 0 Å². The molecule has 1 atom stereocenters. The van der Waals surface area contributed by atoms with E-state index in [4.69, 9.17) is 4.74 Å². The van der Waals surface area contributed by atoms with Crippen molar-refractivity contribution in [1.82, 2.24) is 29.9 Å². The number of aromatic nitrogens is 5. The van der Waals surface area contributed by atoms with Crippen LogP contribution in [0.2, 0.25) is 0 Å². The molecule has 5 rings (SSSR count). The second-order valence-electron chi connectivity index (χ2n) is 7.47. The Morgan fingerprint density at radius 3 is 2.97 bits per heavy atom. The molecule has 152 valence electrons. The summed E-state index contributed by atoms with van der Waals surface area (Å²) < 4.78 is 33.7. The molecule has 1 spiro atoms. The summed E-state index contributed by atoms with van der Waals surface area (Å²) in [6, 6.07) is 4.67. The Bertz CT molecular complexity index is 1010. The molecule has 5 heterocycles. The maximum atomic E-state index is 13.1. The van der Waals surface area contributed by atoms with Gasteiger partial charge in [0.25, 0.3) is 6.43 Å². The fraction of sp³-hybridized carbons (Fsp3) is 0.474. The molecule has 2 saturated heterocycles. The first-order valence-electron chi connectivity index (χ1n) is 9.68. The molecular weight excluding hydrogens is 380 g/mol. The number of imidazole rings is 1. The number of nitrogens with one attached hydrogen (secondary N) is 1. The predicted molar refractivity (Wildman–Crippen MR) is 102 cm³/mol. The van der Waals surface area contributed by atoms with Crippen LogP contribution in [0.4, 0.5) is 14.6 Å². The normalized spacial score (nSPS) is 22.7. The summed E-state index contributed by atoms with van der Waals surface area (Å²) in [6.07, 6.45) is 2.53. The minimum Gasteiger partial charge on any atom is -0.370 e. The van der Waals surface area contributed by atoms with Crippen LogP contribution in [0.15, 0.2) is 30.7 Å². The molecule has 2 aliphatic heterocycles. The minimum absolute atomic E-state index is 0.196. The molecule has 0 bridgehead atoms. The van der Waals surface area contributed by atoms with Crippen LogP contribution < -0.4 is 10.2 Å². The average Bonchev–Trinajstić information content (AvgIpc) is 3.18. The number of anilines is 1. The van der Waals surface area contributed by atoms with Crippen molar-refractivity contribution in [3.05, 3.63) is 36.4 Å². The Morgan fingerprint density at radius 1 is 1.21 bits per heavy atom. The van der Waals surface area contributed by atoms with E-state index in [1.54, 1.807) is 6.20 Å². The highest BCUT2D eigenvalue weighted by atomic mass is 19.3. The standard InChI is InChI=1S/C19H21F2N7O/c20-18(21)13-2-3-16-23-9-15(28(16)26-13)14-8-17(25-12-24-14)27-6-7-29-19(11-27)4-1-5-22-10-19/h2-3,8-9,12,18,22H,1,4-7,10-11H2. The molecule has 0 aliphatic carbocycles. The third-order valence-corrected chi connectivity index (χ3v) is 5.53. The lowest BCUT2D eigenvalue weighted by Gasteiger charge is -2.45. The number of rotatable bonds is 3. The number of fused-ring (bicyclic) bond motifs is 1. The van der Waals surface area contributed by atoms with E-state index in [1.807, 2.05) is 6.07 Å². The van der Waals surface area contributed by atoms with Gasteiger partial charge < -0.3 is 15.0 Å². The van der Waals surface area contributed by atoms with Gasteiger partial charge in [-0.3, -0.25) is 0 Å². The van der Waals surface area contributed by atoms with Gasteiger partial charge in [-0.1, -0.05) is 0 Å². The molecule has 3 aromatic heterocycles. The molecule has 8 nitrogen and oxygen atoms in total. The number of nitrogens with zero attached hydrogens (tertiary/aromatic N) is 6. The fourth-order valence-electron chi connectivity index (χ4n) is 4.08. The van der Waals surface area contributed by atoms with Crippen molar-refractivity contribution in [2.45, 2.75) is 24.9 Å². The Balaban J connectivity index is 1.47. The molecule has 0 saturated carbocycles. The second kappa shape index (κ2) is 7.27. The SMILES string of the molecule is FC(F)c1ccc2ncc(-c3cc(N4CCOC5(CCCNC5)C4)ncn3)n2n1. The molecule has 29 heavy (non-hydrogen) atoms. The highest BCUT2D eigenvalue weighted by molar-refractivity contribution is 5.62. The van der Waals surface area contributed by atoms with E-state index in [0.717, 1.165) is 44.8 Å². The molecular formula is C19H21F2N7O. The average molecular weight is 401 g/mol. The smallest absolute Gasteiger partial charge is 0.282 e.